The molecule has 1 saturated heterocycles. The molecule has 0 spiro atoms. The van der Waals surface area contributed by atoms with Crippen LogP contribution < -0.4 is 5.32 Å². The van der Waals surface area contributed by atoms with Gasteiger partial charge in [0.15, 0.2) is 5.96 Å². The highest BCUT2D eigenvalue weighted by atomic mass is 16.5. The molecule has 0 aromatic carbocycles. The molecule has 4 nitrogen and oxygen atoms in total. The van der Waals surface area contributed by atoms with Crippen LogP contribution in [0.25, 0.3) is 0 Å². The molecule has 2 atom stereocenters. The molecule has 2 fully saturated rings. The van der Waals surface area contributed by atoms with Gasteiger partial charge in [-0.2, -0.15) is 0 Å². The highest BCUT2D eigenvalue weighted by Gasteiger charge is 2.21. The number of aliphatic imine (C=N–C) groups is 1. The molecule has 0 amide bonds. The van der Waals surface area contributed by atoms with Crippen LogP contribution in [0.5, 0.6) is 0 Å². The van der Waals surface area contributed by atoms with E-state index in [0.717, 1.165) is 44.7 Å². The van der Waals surface area contributed by atoms with Crippen LogP contribution in [0.3, 0.4) is 0 Å². The van der Waals surface area contributed by atoms with Crippen molar-refractivity contribution < 1.29 is 4.74 Å². The van der Waals surface area contributed by atoms with Gasteiger partial charge in [0.25, 0.3) is 0 Å². The average molecular weight is 281 g/mol. The second-order valence-corrected chi connectivity index (χ2v) is 6.10. The monoisotopic (exact) mass is 281 g/mol. The van der Waals surface area contributed by atoms with Crippen molar-refractivity contribution in [2.75, 3.05) is 32.8 Å². The number of hydrogen-bond acceptors (Lipinski definition) is 2. The summed E-state index contributed by atoms with van der Waals surface area (Å²) in [6.07, 6.45) is 8.31. The van der Waals surface area contributed by atoms with E-state index in [1.54, 1.807) is 0 Å². The maximum Gasteiger partial charge on any atom is 0.193 e. The molecule has 0 bridgehead atoms. The van der Waals surface area contributed by atoms with Crippen molar-refractivity contribution in [3.8, 4) is 0 Å². The third kappa shape index (κ3) is 4.65. The molecule has 0 aromatic heterocycles. The molecule has 2 rings (SSSR count). The SMILES string of the molecule is CCNC(=NCCOC1CCCCC1C)N1CCCC1. The van der Waals surface area contributed by atoms with Gasteiger partial charge in [-0.05, 0) is 38.5 Å². The number of hydrogen-bond donors (Lipinski definition) is 1. The van der Waals surface area contributed by atoms with Crippen molar-refractivity contribution in [3.05, 3.63) is 0 Å². The first kappa shape index (κ1) is 15.6. The van der Waals surface area contributed by atoms with Gasteiger partial charge in [0.1, 0.15) is 0 Å². The van der Waals surface area contributed by atoms with Crippen LogP contribution in [0.1, 0.15) is 52.4 Å². The van der Waals surface area contributed by atoms with Gasteiger partial charge in [0.2, 0.25) is 0 Å². The fourth-order valence-corrected chi connectivity index (χ4v) is 3.24. The van der Waals surface area contributed by atoms with Gasteiger partial charge in [0, 0.05) is 19.6 Å². The molecule has 1 aliphatic carbocycles. The molecule has 1 aliphatic heterocycles. The normalized spacial score (nSPS) is 27.9. The third-order valence-corrected chi connectivity index (χ3v) is 4.46. The van der Waals surface area contributed by atoms with Crippen molar-refractivity contribution in [2.45, 2.75) is 58.5 Å². The Morgan fingerprint density at radius 1 is 1.20 bits per heavy atom. The summed E-state index contributed by atoms with van der Waals surface area (Å²) in [6.45, 7) is 9.22. The number of nitrogens with one attached hydrogen (secondary N) is 1. The van der Waals surface area contributed by atoms with E-state index in [1.807, 2.05) is 0 Å². The van der Waals surface area contributed by atoms with Gasteiger partial charge in [-0.25, -0.2) is 0 Å². The van der Waals surface area contributed by atoms with Crippen LogP contribution in [-0.4, -0.2) is 49.7 Å². The van der Waals surface area contributed by atoms with Crippen molar-refractivity contribution in [1.82, 2.24) is 10.2 Å². The fraction of sp³-hybridized carbons (Fsp3) is 0.938. The largest absolute Gasteiger partial charge is 0.376 e. The van der Waals surface area contributed by atoms with Crippen LogP contribution in [0, 0.1) is 5.92 Å². The summed E-state index contributed by atoms with van der Waals surface area (Å²) in [6, 6.07) is 0. The predicted octanol–water partition coefficient (Wildman–Crippen LogP) is 2.64. The van der Waals surface area contributed by atoms with E-state index in [2.05, 4.69) is 24.1 Å². The Balaban J connectivity index is 1.72. The lowest BCUT2D eigenvalue weighted by atomic mass is 9.88. The first-order valence-corrected chi connectivity index (χ1v) is 8.46. The summed E-state index contributed by atoms with van der Waals surface area (Å²) in [4.78, 5) is 7.08. The first-order chi connectivity index (χ1) is 9.81. The quantitative estimate of drug-likeness (QED) is 0.478. The molecule has 1 heterocycles. The lowest BCUT2D eigenvalue weighted by Gasteiger charge is -2.28. The summed E-state index contributed by atoms with van der Waals surface area (Å²) in [7, 11) is 0. The Morgan fingerprint density at radius 3 is 2.65 bits per heavy atom. The molecule has 0 radical (unpaired) electrons. The second-order valence-electron chi connectivity index (χ2n) is 6.10. The van der Waals surface area contributed by atoms with E-state index >= 15 is 0 Å². The van der Waals surface area contributed by atoms with Gasteiger partial charge >= 0.3 is 0 Å². The number of rotatable bonds is 5. The first-order valence-electron chi connectivity index (χ1n) is 8.46. The topological polar surface area (TPSA) is 36.9 Å². The highest BCUT2D eigenvalue weighted by molar-refractivity contribution is 5.80. The standard InChI is InChI=1S/C16H31N3O/c1-3-17-16(19-11-6-7-12-19)18-10-13-20-15-9-5-4-8-14(15)2/h14-15H,3-13H2,1-2H3,(H,17,18). The van der Waals surface area contributed by atoms with E-state index < -0.39 is 0 Å². The molecule has 116 valence electrons. The summed E-state index contributed by atoms with van der Waals surface area (Å²) >= 11 is 0. The summed E-state index contributed by atoms with van der Waals surface area (Å²) in [5, 5.41) is 3.39. The van der Waals surface area contributed by atoms with Crippen LogP contribution in [0.15, 0.2) is 4.99 Å². The van der Waals surface area contributed by atoms with Crippen LogP contribution in [0.4, 0.5) is 0 Å². The van der Waals surface area contributed by atoms with Gasteiger partial charge in [-0.15, -0.1) is 0 Å². The third-order valence-electron chi connectivity index (χ3n) is 4.46. The molecule has 20 heavy (non-hydrogen) atoms. The van der Waals surface area contributed by atoms with Crippen LogP contribution in [0.2, 0.25) is 0 Å². The molecular formula is C16H31N3O. The lowest BCUT2D eigenvalue weighted by molar-refractivity contribution is -0.000711. The van der Waals surface area contributed by atoms with Crippen LogP contribution in [-0.2, 0) is 4.74 Å². The van der Waals surface area contributed by atoms with E-state index in [1.165, 1.54) is 38.5 Å². The van der Waals surface area contributed by atoms with E-state index in [-0.39, 0.29) is 0 Å². The molecule has 2 unspecified atom stereocenters. The molecule has 4 heteroatoms. The van der Waals surface area contributed by atoms with E-state index in [4.69, 9.17) is 9.73 Å². The smallest absolute Gasteiger partial charge is 0.193 e. The molecule has 1 N–H and O–H groups in total. The maximum atomic E-state index is 6.03. The van der Waals surface area contributed by atoms with Crippen molar-refractivity contribution >= 4 is 5.96 Å². The molecular weight excluding hydrogens is 250 g/mol. The zero-order chi connectivity index (χ0) is 14.2. The highest BCUT2D eigenvalue weighted by Crippen LogP contribution is 2.26. The Hall–Kier alpha value is -0.770. The molecule has 1 saturated carbocycles. The van der Waals surface area contributed by atoms with Gasteiger partial charge in [-0.1, -0.05) is 19.8 Å². The van der Waals surface area contributed by atoms with E-state index in [9.17, 15) is 0 Å². The second kappa shape index (κ2) is 8.50. The van der Waals surface area contributed by atoms with Gasteiger partial charge < -0.3 is 15.0 Å². The zero-order valence-corrected chi connectivity index (χ0v) is 13.2. The van der Waals surface area contributed by atoms with Gasteiger partial charge in [-0.3, -0.25) is 4.99 Å². The number of likely N-dealkylation sites (tertiary alicyclic amines) is 1. The van der Waals surface area contributed by atoms with Gasteiger partial charge in [0.05, 0.1) is 19.3 Å². The number of nitrogens with zero attached hydrogens (tertiary/aromatic N) is 2. The summed E-state index contributed by atoms with van der Waals surface area (Å²) < 4.78 is 6.03. The van der Waals surface area contributed by atoms with Crippen molar-refractivity contribution in [2.24, 2.45) is 10.9 Å². The Morgan fingerprint density at radius 2 is 1.95 bits per heavy atom. The minimum Gasteiger partial charge on any atom is -0.376 e. The summed E-state index contributed by atoms with van der Waals surface area (Å²) in [5.74, 6) is 1.80. The van der Waals surface area contributed by atoms with E-state index in [0.29, 0.717) is 6.10 Å². The Bertz CT molecular complexity index is 300. The van der Waals surface area contributed by atoms with Crippen molar-refractivity contribution in [3.63, 3.8) is 0 Å². The Kier molecular flexibility index (Phi) is 6.64. The average Bonchev–Trinajstić information content (AvgIpc) is 2.98. The maximum absolute atomic E-state index is 6.03. The van der Waals surface area contributed by atoms with Crippen LogP contribution >= 0.6 is 0 Å². The summed E-state index contributed by atoms with van der Waals surface area (Å²) in [5.41, 5.74) is 0. The molecule has 2 aliphatic rings. The van der Waals surface area contributed by atoms with Crippen molar-refractivity contribution in [1.29, 1.82) is 0 Å². The minimum absolute atomic E-state index is 0.466. The predicted molar refractivity (Wildman–Crippen MR) is 84.2 cm³/mol. The lowest BCUT2D eigenvalue weighted by Crippen LogP contribution is -2.39. The number of ether oxygens (including phenoxy) is 1. The molecule has 0 aromatic rings. The number of guanidine groups is 1. The zero-order valence-electron chi connectivity index (χ0n) is 13.2. The fourth-order valence-electron chi connectivity index (χ4n) is 3.24. The Labute approximate surface area is 124 Å². The minimum atomic E-state index is 0.466.